The highest BCUT2D eigenvalue weighted by Gasteiger charge is 2.41. The summed E-state index contributed by atoms with van der Waals surface area (Å²) in [5, 5.41) is 11.2. The van der Waals surface area contributed by atoms with Gasteiger partial charge in [-0.2, -0.15) is 0 Å². The normalized spacial score (nSPS) is 18.6. The van der Waals surface area contributed by atoms with Gasteiger partial charge < -0.3 is 19.2 Å². The summed E-state index contributed by atoms with van der Waals surface area (Å²) in [6, 6.07) is 3.49. The molecule has 8 nitrogen and oxygen atoms in total. The Kier molecular flexibility index (Phi) is 4.49. The standard InChI is InChI=1S/C19H25N5O3/c1-13(2)20-17(25)16-22-21-15-5-6-19(12-24(15)16)7-9-23(10-8-19)18(26)14-4-3-11-27-14/h3-4,11,13H,5-10,12H2,1-2H3,(H,20,25). The first-order valence-corrected chi connectivity index (χ1v) is 9.53. The molecule has 0 radical (unpaired) electrons. The number of carbonyl (C=O) groups excluding carboxylic acids is 2. The Labute approximate surface area is 157 Å². The lowest BCUT2D eigenvalue weighted by atomic mass is 9.73. The number of aryl methyl sites for hydroxylation is 1. The van der Waals surface area contributed by atoms with Crippen molar-refractivity contribution in [2.75, 3.05) is 13.1 Å². The quantitative estimate of drug-likeness (QED) is 0.889. The lowest BCUT2D eigenvalue weighted by Crippen LogP contribution is -2.47. The molecule has 0 bridgehead atoms. The van der Waals surface area contributed by atoms with E-state index in [0.29, 0.717) is 24.7 Å². The minimum Gasteiger partial charge on any atom is -0.459 e. The minimum absolute atomic E-state index is 0.0485. The molecule has 2 amide bonds. The second kappa shape index (κ2) is 6.83. The molecule has 0 saturated carbocycles. The Balaban J connectivity index is 1.46. The van der Waals surface area contributed by atoms with Gasteiger partial charge in [0.2, 0.25) is 5.82 Å². The highest BCUT2D eigenvalue weighted by Crippen LogP contribution is 2.41. The van der Waals surface area contributed by atoms with Crippen molar-refractivity contribution in [3.63, 3.8) is 0 Å². The third-order valence-corrected chi connectivity index (χ3v) is 5.67. The Morgan fingerprint density at radius 3 is 2.67 bits per heavy atom. The SMILES string of the molecule is CC(C)NC(=O)c1nnc2n1CC1(CC2)CCN(C(=O)c2ccco2)CC1. The Morgan fingerprint density at radius 1 is 1.22 bits per heavy atom. The van der Waals surface area contributed by atoms with Gasteiger partial charge in [-0.1, -0.05) is 0 Å². The smallest absolute Gasteiger partial charge is 0.289 e. The summed E-state index contributed by atoms with van der Waals surface area (Å²) in [6.07, 6.45) is 5.16. The topological polar surface area (TPSA) is 93.3 Å². The summed E-state index contributed by atoms with van der Waals surface area (Å²) in [5.41, 5.74) is 0.0855. The molecule has 1 spiro atoms. The molecule has 2 aromatic rings. The van der Waals surface area contributed by atoms with Crippen LogP contribution in [0.3, 0.4) is 0 Å². The summed E-state index contributed by atoms with van der Waals surface area (Å²) in [7, 11) is 0. The van der Waals surface area contributed by atoms with Gasteiger partial charge in [0, 0.05) is 32.1 Å². The molecule has 2 aliphatic heterocycles. The summed E-state index contributed by atoms with van der Waals surface area (Å²) >= 11 is 0. The first-order chi connectivity index (χ1) is 13.0. The molecule has 0 aromatic carbocycles. The molecule has 4 heterocycles. The second-order valence-electron chi connectivity index (χ2n) is 7.92. The van der Waals surface area contributed by atoms with Gasteiger partial charge in [-0.3, -0.25) is 9.59 Å². The predicted octanol–water partition coefficient (Wildman–Crippen LogP) is 1.88. The maximum Gasteiger partial charge on any atom is 0.289 e. The van der Waals surface area contributed by atoms with Crippen molar-refractivity contribution in [2.45, 2.75) is 52.1 Å². The average Bonchev–Trinajstić information content (AvgIpc) is 3.31. The third kappa shape index (κ3) is 3.36. The molecule has 0 unspecified atom stereocenters. The van der Waals surface area contributed by atoms with Gasteiger partial charge in [0.05, 0.1) is 6.26 Å². The van der Waals surface area contributed by atoms with Crippen molar-refractivity contribution in [1.82, 2.24) is 25.0 Å². The van der Waals surface area contributed by atoms with Gasteiger partial charge in [0.15, 0.2) is 5.76 Å². The molecular weight excluding hydrogens is 346 g/mol. The van der Waals surface area contributed by atoms with Crippen LogP contribution < -0.4 is 5.32 Å². The van der Waals surface area contributed by atoms with Crippen LogP contribution in [-0.4, -0.2) is 50.6 Å². The molecule has 144 valence electrons. The second-order valence-corrected chi connectivity index (χ2v) is 7.92. The Morgan fingerprint density at radius 2 is 2.00 bits per heavy atom. The van der Waals surface area contributed by atoms with Gasteiger partial charge in [0.1, 0.15) is 5.82 Å². The van der Waals surface area contributed by atoms with Crippen LogP contribution in [0.25, 0.3) is 0 Å². The van der Waals surface area contributed by atoms with Crippen molar-refractivity contribution in [2.24, 2.45) is 5.41 Å². The van der Waals surface area contributed by atoms with E-state index in [1.54, 1.807) is 12.1 Å². The van der Waals surface area contributed by atoms with Gasteiger partial charge in [-0.15, -0.1) is 10.2 Å². The van der Waals surface area contributed by atoms with Crippen LogP contribution in [0.1, 0.15) is 60.1 Å². The van der Waals surface area contributed by atoms with Crippen LogP contribution in [-0.2, 0) is 13.0 Å². The van der Waals surface area contributed by atoms with Gasteiger partial charge in [-0.05, 0) is 50.7 Å². The van der Waals surface area contributed by atoms with Crippen LogP contribution in [0.5, 0.6) is 0 Å². The predicted molar refractivity (Wildman–Crippen MR) is 97.2 cm³/mol. The zero-order valence-corrected chi connectivity index (χ0v) is 15.8. The molecule has 0 atom stereocenters. The van der Waals surface area contributed by atoms with Crippen LogP contribution in [0.15, 0.2) is 22.8 Å². The molecule has 2 aromatic heterocycles. The van der Waals surface area contributed by atoms with E-state index in [-0.39, 0.29) is 23.3 Å². The number of aromatic nitrogens is 3. The van der Waals surface area contributed by atoms with Crippen LogP contribution in [0.2, 0.25) is 0 Å². The molecule has 2 aliphatic rings. The van der Waals surface area contributed by atoms with Gasteiger partial charge >= 0.3 is 0 Å². The number of nitrogens with zero attached hydrogens (tertiary/aromatic N) is 4. The zero-order valence-electron chi connectivity index (χ0n) is 15.8. The first kappa shape index (κ1) is 17.8. The van der Waals surface area contributed by atoms with Crippen LogP contribution in [0, 0.1) is 5.41 Å². The monoisotopic (exact) mass is 371 g/mol. The van der Waals surface area contributed by atoms with E-state index in [1.807, 2.05) is 23.3 Å². The number of nitrogens with one attached hydrogen (secondary N) is 1. The highest BCUT2D eigenvalue weighted by molar-refractivity contribution is 5.91. The molecule has 1 fully saturated rings. The number of amides is 2. The number of furan rings is 1. The number of hydrogen-bond acceptors (Lipinski definition) is 5. The first-order valence-electron chi connectivity index (χ1n) is 9.53. The Bertz CT molecular complexity index is 832. The molecule has 8 heteroatoms. The fraction of sp³-hybridized carbons (Fsp3) is 0.579. The molecule has 1 N–H and O–H groups in total. The average molecular weight is 371 g/mol. The van der Waals surface area contributed by atoms with E-state index in [1.165, 1.54) is 6.26 Å². The summed E-state index contributed by atoms with van der Waals surface area (Å²) in [5.74, 6) is 1.44. The highest BCUT2D eigenvalue weighted by atomic mass is 16.3. The largest absolute Gasteiger partial charge is 0.459 e. The van der Waals surface area contributed by atoms with Crippen molar-refractivity contribution < 1.29 is 14.0 Å². The van der Waals surface area contributed by atoms with Crippen molar-refractivity contribution in [3.05, 3.63) is 35.8 Å². The van der Waals surface area contributed by atoms with E-state index in [2.05, 4.69) is 15.5 Å². The third-order valence-electron chi connectivity index (χ3n) is 5.67. The van der Waals surface area contributed by atoms with E-state index >= 15 is 0 Å². The fourth-order valence-corrected chi connectivity index (χ4v) is 4.12. The lowest BCUT2D eigenvalue weighted by molar-refractivity contribution is 0.0440. The number of likely N-dealkylation sites (tertiary alicyclic amines) is 1. The molecule has 27 heavy (non-hydrogen) atoms. The van der Waals surface area contributed by atoms with Gasteiger partial charge in [-0.25, -0.2) is 0 Å². The number of hydrogen-bond donors (Lipinski definition) is 1. The van der Waals surface area contributed by atoms with E-state index in [9.17, 15) is 9.59 Å². The maximum absolute atomic E-state index is 12.5. The molecule has 1 saturated heterocycles. The van der Waals surface area contributed by atoms with Crippen molar-refractivity contribution in [3.8, 4) is 0 Å². The van der Waals surface area contributed by atoms with Crippen LogP contribution in [0.4, 0.5) is 0 Å². The van der Waals surface area contributed by atoms with E-state index in [0.717, 1.165) is 38.1 Å². The number of fused-ring (bicyclic) bond motifs is 1. The minimum atomic E-state index is -0.175. The number of piperidine rings is 1. The summed E-state index contributed by atoms with van der Waals surface area (Å²) in [6.45, 7) is 5.99. The maximum atomic E-state index is 12.5. The van der Waals surface area contributed by atoms with Crippen molar-refractivity contribution in [1.29, 1.82) is 0 Å². The fourth-order valence-electron chi connectivity index (χ4n) is 4.12. The lowest BCUT2D eigenvalue weighted by Gasteiger charge is -2.44. The van der Waals surface area contributed by atoms with Crippen LogP contribution >= 0.6 is 0 Å². The summed E-state index contributed by atoms with van der Waals surface area (Å²) < 4.78 is 7.22. The van der Waals surface area contributed by atoms with E-state index in [4.69, 9.17) is 4.42 Å². The molecular formula is C19H25N5O3. The summed E-state index contributed by atoms with van der Waals surface area (Å²) in [4.78, 5) is 26.8. The van der Waals surface area contributed by atoms with E-state index < -0.39 is 0 Å². The number of carbonyl (C=O) groups is 2. The van der Waals surface area contributed by atoms with Gasteiger partial charge in [0.25, 0.3) is 11.8 Å². The Hall–Kier alpha value is -2.64. The number of rotatable bonds is 3. The zero-order chi connectivity index (χ0) is 19.0. The van der Waals surface area contributed by atoms with Crippen molar-refractivity contribution >= 4 is 11.8 Å². The molecule has 4 rings (SSSR count). The molecule has 0 aliphatic carbocycles.